The van der Waals surface area contributed by atoms with Crippen LogP contribution in [0.3, 0.4) is 0 Å². The van der Waals surface area contributed by atoms with E-state index in [2.05, 4.69) is 5.16 Å². The number of nitrogens with zero attached hydrogens (tertiary/aromatic N) is 2. The third-order valence-electron chi connectivity index (χ3n) is 2.46. The molecule has 8 nitrogen and oxygen atoms in total. The van der Waals surface area contributed by atoms with Crippen LogP contribution >= 0.6 is 0 Å². The number of nitro groups is 1. The van der Waals surface area contributed by atoms with Crippen molar-refractivity contribution in [3.05, 3.63) is 51.9 Å². The van der Waals surface area contributed by atoms with E-state index >= 15 is 0 Å². The van der Waals surface area contributed by atoms with Crippen molar-refractivity contribution in [1.82, 2.24) is 5.16 Å². The van der Waals surface area contributed by atoms with Crippen LogP contribution in [0, 0.1) is 17.0 Å². The van der Waals surface area contributed by atoms with Crippen LogP contribution < -0.4 is 4.74 Å². The standard InChI is InChI=1S/C13H12N2O6/c1-9-6-10(14-21-9)7-20-13(16)8-19-12-4-2-11(3-5-12)15(17)18/h2-6H,7-8H2,1H3. The Morgan fingerprint density at radius 1 is 1.38 bits per heavy atom. The minimum Gasteiger partial charge on any atom is -0.482 e. The summed E-state index contributed by atoms with van der Waals surface area (Å²) in [5.74, 6) is 0.395. The number of aryl methyl sites for hydroxylation is 1. The van der Waals surface area contributed by atoms with Crippen molar-refractivity contribution >= 4 is 11.7 Å². The molecule has 21 heavy (non-hydrogen) atoms. The van der Waals surface area contributed by atoms with Gasteiger partial charge < -0.3 is 14.0 Å². The number of nitro benzene ring substituents is 1. The molecule has 0 N–H and O–H groups in total. The highest BCUT2D eigenvalue weighted by Gasteiger charge is 2.09. The first-order valence-electron chi connectivity index (χ1n) is 5.99. The fourth-order valence-electron chi connectivity index (χ4n) is 1.49. The van der Waals surface area contributed by atoms with E-state index in [4.69, 9.17) is 14.0 Å². The number of carbonyl (C=O) groups is 1. The molecule has 0 bridgehead atoms. The van der Waals surface area contributed by atoms with Crippen molar-refractivity contribution in [2.24, 2.45) is 0 Å². The van der Waals surface area contributed by atoms with Crippen molar-refractivity contribution in [1.29, 1.82) is 0 Å². The molecule has 2 aromatic rings. The lowest BCUT2D eigenvalue weighted by Crippen LogP contribution is -2.14. The summed E-state index contributed by atoms with van der Waals surface area (Å²) in [4.78, 5) is 21.4. The summed E-state index contributed by atoms with van der Waals surface area (Å²) in [6, 6.07) is 7.06. The molecule has 0 radical (unpaired) electrons. The van der Waals surface area contributed by atoms with E-state index in [1.54, 1.807) is 13.0 Å². The van der Waals surface area contributed by atoms with E-state index < -0.39 is 10.9 Å². The van der Waals surface area contributed by atoms with Crippen LogP contribution in [0.5, 0.6) is 5.75 Å². The van der Waals surface area contributed by atoms with Gasteiger partial charge in [-0.15, -0.1) is 0 Å². The van der Waals surface area contributed by atoms with Crippen molar-refractivity contribution in [2.75, 3.05) is 6.61 Å². The number of aromatic nitrogens is 1. The van der Waals surface area contributed by atoms with Gasteiger partial charge in [0.25, 0.3) is 5.69 Å². The second-order valence-electron chi connectivity index (χ2n) is 4.13. The second kappa shape index (κ2) is 6.51. The summed E-state index contributed by atoms with van der Waals surface area (Å²) in [6.07, 6.45) is 0. The Bertz CT molecular complexity index is 634. The van der Waals surface area contributed by atoms with Crippen LogP contribution in [0.2, 0.25) is 0 Å². The van der Waals surface area contributed by atoms with E-state index in [9.17, 15) is 14.9 Å². The highest BCUT2D eigenvalue weighted by Crippen LogP contribution is 2.17. The number of benzene rings is 1. The van der Waals surface area contributed by atoms with Gasteiger partial charge in [0.1, 0.15) is 23.8 Å². The maximum atomic E-state index is 11.5. The first-order valence-corrected chi connectivity index (χ1v) is 5.99. The first kappa shape index (κ1) is 14.5. The zero-order valence-corrected chi connectivity index (χ0v) is 11.1. The van der Waals surface area contributed by atoms with Crippen LogP contribution in [0.4, 0.5) is 5.69 Å². The summed E-state index contributed by atoms with van der Waals surface area (Å²) < 4.78 is 14.9. The van der Waals surface area contributed by atoms with Gasteiger partial charge >= 0.3 is 5.97 Å². The van der Waals surface area contributed by atoms with Crippen LogP contribution in [0.1, 0.15) is 11.5 Å². The number of hydrogen-bond donors (Lipinski definition) is 0. The summed E-state index contributed by atoms with van der Waals surface area (Å²) in [5.41, 5.74) is 0.461. The van der Waals surface area contributed by atoms with Gasteiger partial charge in [-0.3, -0.25) is 10.1 Å². The van der Waals surface area contributed by atoms with E-state index in [0.717, 1.165) is 0 Å². The Hall–Kier alpha value is -2.90. The Balaban J connectivity index is 1.77. The number of carbonyl (C=O) groups excluding carboxylic acids is 1. The molecule has 110 valence electrons. The average Bonchev–Trinajstić information content (AvgIpc) is 2.89. The molecule has 1 aromatic heterocycles. The second-order valence-corrected chi connectivity index (χ2v) is 4.13. The third kappa shape index (κ3) is 4.30. The zero-order valence-electron chi connectivity index (χ0n) is 11.1. The van der Waals surface area contributed by atoms with Gasteiger partial charge in [-0.05, 0) is 19.1 Å². The average molecular weight is 292 g/mol. The quantitative estimate of drug-likeness (QED) is 0.455. The Labute approximate surface area is 119 Å². The van der Waals surface area contributed by atoms with Crippen LogP contribution in [-0.2, 0) is 16.1 Å². The van der Waals surface area contributed by atoms with Crippen LogP contribution in [-0.4, -0.2) is 22.7 Å². The van der Waals surface area contributed by atoms with Gasteiger partial charge in [0.2, 0.25) is 0 Å². The topological polar surface area (TPSA) is 105 Å². The predicted octanol–water partition coefficient (Wildman–Crippen LogP) is 2.01. The molecule has 8 heteroatoms. The molecule has 0 aliphatic heterocycles. The number of ether oxygens (including phenoxy) is 2. The molecule has 0 aliphatic carbocycles. The lowest BCUT2D eigenvalue weighted by Gasteiger charge is -2.05. The fourth-order valence-corrected chi connectivity index (χ4v) is 1.49. The molecule has 2 rings (SSSR count). The zero-order chi connectivity index (χ0) is 15.2. The number of hydrogen-bond acceptors (Lipinski definition) is 7. The normalized spacial score (nSPS) is 10.1. The molecule has 0 amide bonds. The summed E-state index contributed by atoms with van der Waals surface area (Å²) in [6.45, 7) is 1.43. The maximum absolute atomic E-state index is 11.5. The number of non-ortho nitro benzene ring substituents is 1. The highest BCUT2D eigenvalue weighted by molar-refractivity contribution is 5.71. The molecule has 0 fully saturated rings. The molecule has 0 aliphatic rings. The number of rotatable bonds is 6. The Morgan fingerprint density at radius 3 is 2.67 bits per heavy atom. The van der Waals surface area contributed by atoms with Crippen molar-refractivity contribution in [3.8, 4) is 5.75 Å². The van der Waals surface area contributed by atoms with Crippen LogP contribution in [0.25, 0.3) is 0 Å². The van der Waals surface area contributed by atoms with Crippen molar-refractivity contribution in [2.45, 2.75) is 13.5 Å². The third-order valence-corrected chi connectivity index (χ3v) is 2.46. The molecular formula is C13H12N2O6. The lowest BCUT2D eigenvalue weighted by molar-refractivity contribution is -0.384. The van der Waals surface area contributed by atoms with Gasteiger partial charge in [0.15, 0.2) is 6.61 Å². The monoisotopic (exact) mass is 292 g/mol. The van der Waals surface area contributed by atoms with E-state index in [0.29, 0.717) is 17.2 Å². The molecular weight excluding hydrogens is 280 g/mol. The Kier molecular flexibility index (Phi) is 4.50. The highest BCUT2D eigenvalue weighted by atomic mass is 16.6. The van der Waals surface area contributed by atoms with Gasteiger partial charge in [-0.2, -0.15) is 0 Å². The SMILES string of the molecule is Cc1cc(COC(=O)COc2ccc([N+](=O)[O-])cc2)no1. The van der Waals surface area contributed by atoms with Gasteiger partial charge in [0.05, 0.1) is 4.92 Å². The molecule has 0 saturated heterocycles. The molecule has 1 heterocycles. The van der Waals surface area contributed by atoms with Gasteiger partial charge in [-0.25, -0.2) is 4.79 Å². The molecule has 1 aromatic carbocycles. The minimum absolute atomic E-state index is 0.000204. The smallest absolute Gasteiger partial charge is 0.344 e. The van der Waals surface area contributed by atoms with E-state index in [-0.39, 0.29) is 18.9 Å². The number of esters is 1. The first-order chi connectivity index (χ1) is 10.0. The lowest BCUT2D eigenvalue weighted by atomic mass is 10.3. The Morgan fingerprint density at radius 2 is 2.10 bits per heavy atom. The molecule has 0 saturated carbocycles. The van der Waals surface area contributed by atoms with Crippen LogP contribution in [0.15, 0.2) is 34.9 Å². The van der Waals surface area contributed by atoms with E-state index in [1.807, 2.05) is 0 Å². The summed E-state index contributed by atoms with van der Waals surface area (Å²) in [7, 11) is 0. The maximum Gasteiger partial charge on any atom is 0.344 e. The van der Waals surface area contributed by atoms with E-state index in [1.165, 1.54) is 24.3 Å². The summed E-state index contributed by atoms with van der Waals surface area (Å²) in [5, 5.41) is 14.2. The van der Waals surface area contributed by atoms with Gasteiger partial charge in [0, 0.05) is 18.2 Å². The molecule has 0 unspecified atom stereocenters. The van der Waals surface area contributed by atoms with Crippen molar-refractivity contribution in [3.63, 3.8) is 0 Å². The van der Waals surface area contributed by atoms with Gasteiger partial charge in [-0.1, -0.05) is 5.16 Å². The fraction of sp³-hybridized carbons (Fsp3) is 0.231. The van der Waals surface area contributed by atoms with Crippen molar-refractivity contribution < 1.29 is 23.7 Å². The summed E-state index contributed by atoms with van der Waals surface area (Å²) >= 11 is 0. The predicted molar refractivity (Wildman–Crippen MR) is 69.6 cm³/mol. The minimum atomic E-state index is -0.575. The largest absolute Gasteiger partial charge is 0.482 e. The molecule has 0 spiro atoms. The molecule has 0 atom stereocenters.